The monoisotopic (exact) mass is 586 g/mol. The Bertz CT molecular complexity index is 1660. The Labute approximate surface area is 255 Å². The normalized spacial score (nSPS) is 20.2. The first-order valence-corrected chi connectivity index (χ1v) is 14.4. The van der Waals surface area contributed by atoms with Gasteiger partial charge in [0.25, 0.3) is 0 Å². The van der Waals surface area contributed by atoms with Gasteiger partial charge in [-0.3, -0.25) is 14.5 Å². The number of nitrogens with zero attached hydrogens (tertiary/aromatic N) is 2. The predicted molar refractivity (Wildman–Crippen MR) is 163 cm³/mol. The van der Waals surface area contributed by atoms with Crippen LogP contribution in [0.25, 0.3) is 6.08 Å². The van der Waals surface area contributed by atoms with Crippen LogP contribution in [-0.2, 0) is 25.7 Å². The standard InChI is InChI=1S/C36H30N2O6/c39-33(28-19-11-4-12-20-28)32(35(41)43-23-26-15-7-2-8-16-26)37-29(22-21-25-13-5-1-6-14-25)31(34(37)40)38-30(24-44-36(38)42)27-17-9-3-10-18-27/h1-22,29-32H,23-24H2/b22-21+/t29-,30-,31+,32?/m1/s1. The van der Waals surface area contributed by atoms with Crippen LogP contribution in [0, 0.1) is 0 Å². The molecule has 4 aromatic carbocycles. The molecule has 0 bridgehead atoms. The molecule has 2 fully saturated rings. The lowest BCUT2D eigenvalue weighted by Gasteiger charge is -2.51. The number of ketones is 1. The van der Waals surface area contributed by atoms with Crippen LogP contribution in [-0.4, -0.2) is 58.3 Å². The lowest BCUT2D eigenvalue weighted by atomic mass is 9.86. The molecule has 1 unspecified atom stereocenters. The molecule has 4 aromatic rings. The fraction of sp³-hybridized carbons (Fsp3) is 0.167. The molecule has 8 nitrogen and oxygen atoms in total. The average molecular weight is 587 g/mol. The molecule has 44 heavy (non-hydrogen) atoms. The summed E-state index contributed by atoms with van der Waals surface area (Å²) < 4.78 is 11.1. The number of esters is 1. The van der Waals surface area contributed by atoms with Crippen LogP contribution in [0.15, 0.2) is 127 Å². The molecule has 0 radical (unpaired) electrons. The number of cyclic esters (lactones) is 1. The molecule has 6 rings (SSSR count). The molecule has 0 spiro atoms. The summed E-state index contributed by atoms with van der Waals surface area (Å²) in [4.78, 5) is 57.6. The van der Waals surface area contributed by atoms with E-state index in [-0.39, 0.29) is 18.8 Å². The molecule has 0 saturated carbocycles. The number of hydrogen-bond acceptors (Lipinski definition) is 6. The van der Waals surface area contributed by atoms with Gasteiger partial charge in [0.1, 0.15) is 19.3 Å². The van der Waals surface area contributed by atoms with E-state index in [1.54, 1.807) is 48.5 Å². The molecular formula is C36H30N2O6. The zero-order chi connectivity index (χ0) is 30.5. The highest BCUT2D eigenvalue weighted by molar-refractivity contribution is 6.15. The Morgan fingerprint density at radius 1 is 0.818 bits per heavy atom. The number of ether oxygens (including phenoxy) is 2. The average Bonchev–Trinajstić information content (AvgIpc) is 3.45. The molecule has 2 aliphatic heterocycles. The first kappa shape index (κ1) is 28.6. The number of hydrogen-bond donors (Lipinski definition) is 0. The number of amides is 2. The van der Waals surface area contributed by atoms with Crippen molar-refractivity contribution in [2.45, 2.75) is 30.8 Å². The molecule has 2 heterocycles. The van der Waals surface area contributed by atoms with Crippen LogP contribution in [0.2, 0.25) is 0 Å². The second-order valence-electron chi connectivity index (χ2n) is 10.6. The maximum atomic E-state index is 14.1. The minimum Gasteiger partial charge on any atom is -0.459 e. The third kappa shape index (κ3) is 5.74. The van der Waals surface area contributed by atoms with Gasteiger partial charge >= 0.3 is 12.1 Å². The van der Waals surface area contributed by atoms with Crippen molar-refractivity contribution in [1.29, 1.82) is 0 Å². The van der Waals surface area contributed by atoms with Gasteiger partial charge in [0.15, 0.2) is 11.8 Å². The summed E-state index contributed by atoms with van der Waals surface area (Å²) in [7, 11) is 0. The second-order valence-corrected chi connectivity index (χ2v) is 10.6. The lowest BCUT2D eigenvalue weighted by Crippen LogP contribution is -2.74. The Kier molecular flexibility index (Phi) is 8.32. The molecule has 2 saturated heterocycles. The van der Waals surface area contributed by atoms with Crippen molar-refractivity contribution in [3.05, 3.63) is 150 Å². The van der Waals surface area contributed by atoms with Crippen molar-refractivity contribution in [3.8, 4) is 0 Å². The van der Waals surface area contributed by atoms with Gasteiger partial charge in [0.05, 0.1) is 12.1 Å². The van der Waals surface area contributed by atoms with E-state index in [0.29, 0.717) is 0 Å². The Morgan fingerprint density at radius 3 is 2.07 bits per heavy atom. The van der Waals surface area contributed by atoms with Crippen molar-refractivity contribution in [2.75, 3.05) is 6.61 Å². The van der Waals surface area contributed by atoms with E-state index in [1.807, 2.05) is 84.9 Å². The number of carbonyl (C=O) groups is 4. The van der Waals surface area contributed by atoms with Gasteiger partial charge in [-0.1, -0.05) is 133 Å². The van der Waals surface area contributed by atoms with E-state index in [0.717, 1.165) is 16.7 Å². The summed E-state index contributed by atoms with van der Waals surface area (Å²) >= 11 is 0. The minimum atomic E-state index is -1.57. The lowest BCUT2D eigenvalue weighted by molar-refractivity contribution is -0.168. The first-order valence-electron chi connectivity index (χ1n) is 14.4. The Hall–Kier alpha value is -5.50. The third-order valence-corrected chi connectivity index (χ3v) is 7.86. The zero-order valence-electron chi connectivity index (χ0n) is 23.8. The largest absolute Gasteiger partial charge is 0.459 e. The summed E-state index contributed by atoms with van der Waals surface area (Å²) in [5.74, 6) is -1.97. The summed E-state index contributed by atoms with van der Waals surface area (Å²) in [5, 5.41) is 0. The fourth-order valence-corrected chi connectivity index (χ4v) is 5.66. The summed E-state index contributed by atoms with van der Waals surface area (Å²) in [6.07, 6.45) is 2.94. The zero-order valence-corrected chi connectivity index (χ0v) is 23.8. The number of rotatable bonds is 10. The Balaban J connectivity index is 1.37. The van der Waals surface area contributed by atoms with E-state index in [1.165, 1.54) is 9.80 Å². The summed E-state index contributed by atoms with van der Waals surface area (Å²) in [6.45, 7) is 0.00991. The third-order valence-electron chi connectivity index (χ3n) is 7.86. The van der Waals surface area contributed by atoms with E-state index in [9.17, 15) is 19.2 Å². The molecule has 8 heteroatoms. The van der Waals surface area contributed by atoms with E-state index < -0.39 is 47.9 Å². The van der Waals surface area contributed by atoms with Gasteiger partial charge in [-0.05, 0) is 16.7 Å². The van der Waals surface area contributed by atoms with E-state index in [4.69, 9.17) is 9.47 Å². The van der Waals surface area contributed by atoms with Crippen LogP contribution in [0.5, 0.6) is 0 Å². The maximum absolute atomic E-state index is 14.1. The number of Topliss-reactive ketones (excluding diaryl/α,β-unsaturated/α-hetero) is 1. The summed E-state index contributed by atoms with van der Waals surface area (Å²) in [5.41, 5.74) is 2.67. The SMILES string of the molecule is O=C(OCc1ccccc1)C(C(=O)c1ccccc1)N1C(=O)[C@@H](N2C(=O)OC[C@@H]2c2ccccc2)[C@H]1/C=C/c1ccccc1. The van der Waals surface area contributed by atoms with Crippen molar-refractivity contribution in [1.82, 2.24) is 9.80 Å². The highest BCUT2D eigenvalue weighted by atomic mass is 16.6. The van der Waals surface area contributed by atoms with Gasteiger partial charge in [-0.15, -0.1) is 0 Å². The van der Waals surface area contributed by atoms with Gasteiger partial charge in [0, 0.05) is 5.56 Å². The van der Waals surface area contributed by atoms with E-state index in [2.05, 4.69) is 0 Å². The van der Waals surface area contributed by atoms with Gasteiger partial charge < -0.3 is 14.4 Å². The fourth-order valence-electron chi connectivity index (χ4n) is 5.66. The van der Waals surface area contributed by atoms with Gasteiger partial charge in [-0.2, -0.15) is 0 Å². The minimum absolute atomic E-state index is 0.0667. The molecule has 0 aliphatic carbocycles. The molecule has 0 N–H and O–H groups in total. The van der Waals surface area contributed by atoms with Crippen LogP contribution in [0.4, 0.5) is 4.79 Å². The number of likely N-dealkylation sites (tertiary alicyclic amines) is 1. The van der Waals surface area contributed by atoms with Crippen molar-refractivity contribution < 1.29 is 28.7 Å². The quantitative estimate of drug-likeness (QED) is 0.106. The van der Waals surface area contributed by atoms with Crippen LogP contribution >= 0.6 is 0 Å². The highest BCUT2D eigenvalue weighted by Crippen LogP contribution is 2.39. The predicted octanol–water partition coefficient (Wildman–Crippen LogP) is 5.47. The topological polar surface area (TPSA) is 93.2 Å². The van der Waals surface area contributed by atoms with Gasteiger partial charge in [0.2, 0.25) is 5.91 Å². The number of benzene rings is 4. The van der Waals surface area contributed by atoms with Crippen molar-refractivity contribution >= 4 is 29.8 Å². The van der Waals surface area contributed by atoms with Gasteiger partial charge in [-0.25, -0.2) is 9.59 Å². The molecular weight excluding hydrogens is 556 g/mol. The number of β-lactam (4-membered cyclic amide) rings is 1. The maximum Gasteiger partial charge on any atom is 0.411 e. The molecule has 2 amide bonds. The smallest absolute Gasteiger partial charge is 0.411 e. The second kappa shape index (κ2) is 12.8. The molecule has 4 atom stereocenters. The Morgan fingerprint density at radius 2 is 1.41 bits per heavy atom. The van der Waals surface area contributed by atoms with Crippen LogP contribution in [0.1, 0.15) is 33.1 Å². The van der Waals surface area contributed by atoms with Crippen LogP contribution in [0.3, 0.4) is 0 Å². The number of carbonyl (C=O) groups excluding carboxylic acids is 4. The summed E-state index contributed by atoms with van der Waals surface area (Å²) in [6, 6.07) is 32.3. The molecule has 2 aliphatic rings. The van der Waals surface area contributed by atoms with E-state index >= 15 is 0 Å². The molecule has 0 aromatic heterocycles. The highest BCUT2D eigenvalue weighted by Gasteiger charge is 2.59. The van der Waals surface area contributed by atoms with Crippen LogP contribution < -0.4 is 0 Å². The van der Waals surface area contributed by atoms with Crippen molar-refractivity contribution in [3.63, 3.8) is 0 Å². The molecule has 220 valence electrons. The first-order chi connectivity index (χ1) is 21.5. The van der Waals surface area contributed by atoms with Crippen molar-refractivity contribution in [2.24, 2.45) is 0 Å².